The molecule has 3 saturated heterocycles. The summed E-state index contributed by atoms with van der Waals surface area (Å²) >= 11 is 0. The number of nitrogens with zero attached hydrogens (tertiary/aromatic N) is 16. The van der Waals surface area contributed by atoms with Gasteiger partial charge in [0.1, 0.15) is 0 Å². The van der Waals surface area contributed by atoms with Gasteiger partial charge in [-0.05, 0) is 83.6 Å². The van der Waals surface area contributed by atoms with Crippen LogP contribution in [0.3, 0.4) is 0 Å². The lowest BCUT2D eigenvalue weighted by molar-refractivity contribution is 0.128. The highest BCUT2D eigenvalue weighted by molar-refractivity contribution is 5.69. The second-order valence-electron chi connectivity index (χ2n) is 22.0. The number of likely N-dealkylation sites (N-methyl/N-ethyl adjacent to an activating group) is 1. The molecule has 21 nitrogen and oxygen atoms in total. The molecule has 5 aliphatic heterocycles. The molecule has 0 atom stereocenters. The summed E-state index contributed by atoms with van der Waals surface area (Å²) in [6, 6.07) is 14.8. The third-order valence-electron chi connectivity index (χ3n) is 15.6. The number of hydrogen-bond acceptors (Lipinski definition) is 19. The zero-order chi connectivity index (χ0) is 56.6. The van der Waals surface area contributed by atoms with E-state index in [9.17, 15) is 0 Å². The molecule has 0 bridgehead atoms. The van der Waals surface area contributed by atoms with Gasteiger partial charge in [0, 0.05) is 165 Å². The second kappa shape index (κ2) is 27.8. The molecule has 7 aromatic rings. The van der Waals surface area contributed by atoms with Crippen molar-refractivity contribution < 1.29 is 0 Å². The van der Waals surface area contributed by atoms with Crippen molar-refractivity contribution >= 4 is 56.9 Å². The molecule has 0 radical (unpaired) electrons. The van der Waals surface area contributed by atoms with E-state index in [2.05, 4.69) is 138 Å². The Morgan fingerprint density at radius 1 is 0.425 bits per heavy atom. The first-order valence-corrected chi connectivity index (χ1v) is 28.2. The van der Waals surface area contributed by atoms with Crippen LogP contribution in [0.4, 0.5) is 56.9 Å². The molecule has 0 spiro atoms. The van der Waals surface area contributed by atoms with Crippen LogP contribution in [0.5, 0.6) is 0 Å². The fourth-order valence-electron chi connectivity index (χ4n) is 10.7. The van der Waals surface area contributed by atoms with Crippen molar-refractivity contribution in [2.45, 2.75) is 79.3 Å². The summed E-state index contributed by atoms with van der Waals surface area (Å²) in [6.07, 6.45) is 23.5. The van der Waals surface area contributed by atoms with Gasteiger partial charge in [0.05, 0.1) is 113 Å². The average molecular weight is 1090 g/mol. The predicted octanol–water partition coefficient (Wildman–Crippen LogP) is 5.95. The highest BCUT2D eigenvalue weighted by atomic mass is 15.3. The Labute approximate surface area is 474 Å². The number of hydrogen-bond donors (Lipinski definition) is 5. The maximum atomic E-state index is 5.95. The number of imidazole rings is 1. The van der Waals surface area contributed by atoms with Crippen LogP contribution in [-0.2, 0) is 26.2 Å². The quantitative estimate of drug-likeness (QED) is 0.124. The van der Waals surface area contributed by atoms with Crippen molar-refractivity contribution in [3.63, 3.8) is 0 Å². The molecule has 10 N–H and O–H groups in total. The molecule has 7 aromatic heterocycles. The zero-order valence-electron chi connectivity index (χ0n) is 48.1. The Bertz CT molecular complexity index is 2870. The topological polar surface area (TPSA) is 243 Å². The van der Waals surface area contributed by atoms with Crippen LogP contribution in [0.25, 0.3) is 0 Å². The van der Waals surface area contributed by atoms with E-state index < -0.39 is 0 Å². The van der Waals surface area contributed by atoms with Crippen LogP contribution in [0.1, 0.15) is 52.9 Å². The van der Waals surface area contributed by atoms with Gasteiger partial charge in [-0.1, -0.05) is 6.92 Å². The lowest BCUT2D eigenvalue weighted by Crippen LogP contribution is -2.53. The largest absolute Gasteiger partial charge is 0.396 e. The summed E-state index contributed by atoms with van der Waals surface area (Å²) in [5, 5.41) is 0. The smallest absolute Gasteiger partial charge is 0.0949 e. The highest BCUT2D eigenvalue weighted by Crippen LogP contribution is 2.29. The molecule has 0 saturated carbocycles. The Morgan fingerprint density at radius 2 is 0.800 bits per heavy atom. The molecule has 21 heteroatoms. The average Bonchev–Trinajstić information content (AvgIpc) is 4.17. The van der Waals surface area contributed by atoms with Crippen LogP contribution < -0.4 is 53.2 Å². The molecule has 5 aliphatic rings. The van der Waals surface area contributed by atoms with E-state index in [1.165, 1.54) is 11.4 Å². The number of anilines is 10. The van der Waals surface area contributed by atoms with E-state index in [-0.39, 0.29) is 5.54 Å². The molecule has 3 fully saturated rings. The van der Waals surface area contributed by atoms with Gasteiger partial charge in [-0.2, -0.15) is 0 Å². The Hall–Kier alpha value is -7.88. The van der Waals surface area contributed by atoms with Crippen molar-refractivity contribution in [1.29, 1.82) is 0 Å². The van der Waals surface area contributed by atoms with Crippen LogP contribution in [0, 0.1) is 0 Å². The molecular weight excluding hydrogens is 1000 g/mol. The minimum Gasteiger partial charge on any atom is -0.396 e. The van der Waals surface area contributed by atoms with Crippen molar-refractivity contribution in [1.82, 2.24) is 53.7 Å². The third kappa shape index (κ3) is 15.5. The van der Waals surface area contributed by atoms with Gasteiger partial charge < -0.3 is 67.2 Å². The van der Waals surface area contributed by atoms with Gasteiger partial charge in [-0.3, -0.25) is 34.7 Å². The predicted molar refractivity (Wildman–Crippen MR) is 329 cm³/mol. The van der Waals surface area contributed by atoms with E-state index in [1.54, 1.807) is 55.8 Å². The van der Waals surface area contributed by atoms with Gasteiger partial charge in [0.25, 0.3) is 0 Å². The van der Waals surface area contributed by atoms with Crippen LogP contribution >= 0.6 is 0 Å². The van der Waals surface area contributed by atoms with Gasteiger partial charge in [-0.25, -0.2) is 4.98 Å². The molecular formula is C59H87N21. The fraction of sp³-hybridized carbons (Fsp3) is 0.458. The van der Waals surface area contributed by atoms with E-state index in [0.717, 1.165) is 181 Å². The van der Waals surface area contributed by atoms with Gasteiger partial charge in [0.2, 0.25) is 0 Å². The molecule has 80 heavy (non-hydrogen) atoms. The van der Waals surface area contributed by atoms with Crippen molar-refractivity contribution in [3.8, 4) is 0 Å². The molecule has 12 rings (SSSR count). The van der Waals surface area contributed by atoms with Gasteiger partial charge in [0.15, 0.2) is 0 Å². The SMILES string of the molecule is CC(C)(C)N1CCN(c2ccncc2N)CC1.CC(C)N1CCN(c2ccncc2N)CC1.CCN1CCN(c2ccncc2N)CC1.Nc1cnccc1N1CCn2cccc2C1.Nc1cnccc1N1CCn2cncc2C1. The summed E-state index contributed by atoms with van der Waals surface area (Å²) in [5.41, 5.74) is 41.8. The van der Waals surface area contributed by atoms with E-state index in [0.29, 0.717) is 6.04 Å². The van der Waals surface area contributed by atoms with Crippen LogP contribution in [0.2, 0.25) is 0 Å². The first kappa shape index (κ1) is 58.3. The van der Waals surface area contributed by atoms with Crippen molar-refractivity contribution in [2.75, 3.05) is 151 Å². The Kier molecular flexibility index (Phi) is 20.3. The minimum atomic E-state index is 0.260. The number of piperazine rings is 3. The monoisotopic (exact) mass is 1090 g/mol. The molecule has 428 valence electrons. The maximum Gasteiger partial charge on any atom is 0.0949 e. The third-order valence-corrected chi connectivity index (χ3v) is 15.6. The number of aromatic nitrogens is 8. The number of rotatable bonds is 7. The van der Waals surface area contributed by atoms with Gasteiger partial charge in [-0.15, -0.1) is 0 Å². The number of fused-ring (bicyclic) bond motifs is 2. The van der Waals surface area contributed by atoms with E-state index in [1.807, 2.05) is 49.1 Å². The lowest BCUT2D eigenvalue weighted by atomic mass is 10.0. The standard InChI is InChI=1S/C13H22N4.C12H14N4.C12H20N4.C11H13N5.C11H18N4/c1-13(2,3)17-8-6-16(7-9-17)12-4-5-15-10-11(12)14;13-11-8-14-4-3-12(11)16-7-6-15-5-1-2-10(15)9-16;1-10(2)15-5-7-16(8-6-15)12-3-4-14-9-11(12)13;12-10-6-13-2-1-11(10)15-3-4-16-8-14-5-9(16)7-15;1-2-14-5-7-15(8-6-14)11-3-4-13-9-10(11)12/h4-5,10H,6-9,14H2,1-3H3;1-5,8H,6-7,9,13H2;3-4,9-10H,5-8,13H2,1-2H3;1-2,5-6,8H,3-4,7,12H2;3-4,9H,2,5-8,12H2,1H3. The van der Waals surface area contributed by atoms with Gasteiger partial charge >= 0.3 is 0 Å². The van der Waals surface area contributed by atoms with Crippen molar-refractivity contribution in [3.05, 3.63) is 135 Å². The maximum absolute atomic E-state index is 5.95. The lowest BCUT2D eigenvalue weighted by Gasteiger charge is -2.43. The normalized spacial score (nSPS) is 16.9. The second-order valence-corrected chi connectivity index (χ2v) is 22.0. The van der Waals surface area contributed by atoms with E-state index in [4.69, 9.17) is 28.7 Å². The molecule has 0 aliphatic carbocycles. The molecule has 0 amide bonds. The fourth-order valence-corrected chi connectivity index (χ4v) is 10.7. The summed E-state index contributed by atoms with van der Waals surface area (Å²) < 4.78 is 4.46. The Morgan fingerprint density at radius 3 is 1.20 bits per heavy atom. The summed E-state index contributed by atoms with van der Waals surface area (Å²) in [4.78, 5) is 43.3. The minimum absolute atomic E-state index is 0.260. The first-order chi connectivity index (χ1) is 38.7. The summed E-state index contributed by atoms with van der Waals surface area (Å²) in [7, 11) is 0. The molecule has 12 heterocycles. The van der Waals surface area contributed by atoms with Crippen molar-refractivity contribution in [2.24, 2.45) is 0 Å². The highest BCUT2D eigenvalue weighted by Gasteiger charge is 2.27. The summed E-state index contributed by atoms with van der Waals surface area (Å²) in [5.74, 6) is 0. The molecule has 0 unspecified atom stereocenters. The first-order valence-electron chi connectivity index (χ1n) is 28.2. The summed E-state index contributed by atoms with van der Waals surface area (Å²) in [6.45, 7) is 33.3. The zero-order valence-corrected chi connectivity index (χ0v) is 48.1. The molecule has 0 aromatic carbocycles. The number of nitrogens with two attached hydrogens (primary N) is 5. The van der Waals surface area contributed by atoms with Crippen LogP contribution in [-0.4, -0.2) is 163 Å². The Balaban J connectivity index is 0.000000131. The number of pyridine rings is 5. The number of nitrogen functional groups attached to an aromatic ring is 5. The van der Waals surface area contributed by atoms with Crippen LogP contribution in [0.15, 0.2) is 123 Å². The van der Waals surface area contributed by atoms with E-state index >= 15 is 0 Å².